The smallest absolute Gasteiger partial charge is 0.223 e. The predicted molar refractivity (Wildman–Crippen MR) is 109 cm³/mol. The fourth-order valence-corrected chi connectivity index (χ4v) is 3.10. The number of para-hydroxylation sites is 1. The van der Waals surface area contributed by atoms with Crippen LogP contribution in [0.2, 0.25) is 0 Å². The van der Waals surface area contributed by atoms with E-state index in [2.05, 4.69) is 20.7 Å². The highest BCUT2D eigenvalue weighted by molar-refractivity contribution is 6.36. The van der Waals surface area contributed by atoms with Gasteiger partial charge in [0.15, 0.2) is 5.65 Å². The van der Waals surface area contributed by atoms with Crippen LogP contribution in [0.1, 0.15) is 25.7 Å². The molecular weight excluding hydrogens is 353 g/mol. The molecule has 1 amide bonds. The minimum Gasteiger partial charge on any atom is -0.507 e. The van der Waals surface area contributed by atoms with Crippen LogP contribution in [0.25, 0.3) is 16.9 Å². The summed E-state index contributed by atoms with van der Waals surface area (Å²) in [5.41, 5.74) is 2.27. The van der Waals surface area contributed by atoms with E-state index in [9.17, 15) is 9.90 Å². The molecule has 0 spiro atoms. The summed E-state index contributed by atoms with van der Waals surface area (Å²) < 4.78 is 1.66. The van der Waals surface area contributed by atoms with Gasteiger partial charge in [-0.25, -0.2) is 4.98 Å². The second-order valence-electron chi connectivity index (χ2n) is 7.08. The Hall–Kier alpha value is -3.03. The van der Waals surface area contributed by atoms with Crippen LogP contribution in [0.3, 0.4) is 0 Å². The lowest BCUT2D eigenvalue weighted by Gasteiger charge is -2.12. The largest absolute Gasteiger partial charge is 0.507 e. The maximum absolute atomic E-state index is 11.6. The predicted octanol–water partition coefficient (Wildman–Crippen LogP) is 1.61. The van der Waals surface area contributed by atoms with Crippen molar-refractivity contribution in [3.05, 3.63) is 36.5 Å². The van der Waals surface area contributed by atoms with Crippen LogP contribution in [0, 0.1) is 5.92 Å². The van der Waals surface area contributed by atoms with Crippen molar-refractivity contribution >= 4 is 30.7 Å². The van der Waals surface area contributed by atoms with Gasteiger partial charge in [0, 0.05) is 36.8 Å². The molecule has 1 fully saturated rings. The average Bonchev–Trinajstić information content (AvgIpc) is 3.48. The molecule has 1 aliphatic rings. The van der Waals surface area contributed by atoms with Gasteiger partial charge in [-0.3, -0.25) is 4.79 Å². The Morgan fingerprint density at radius 1 is 1.25 bits per heavy atom. The first kappa shape index (κ1) is 18.3. The molecule has 2 aromatic heterocycles. The standard InChI is InChI=1S/C20H22BN5O2/c21-15-12-24-26-18(22-9-3-4-10-23-20(28)13-7-8-13)11-16(25-19(15)26)14-5-1-2-6-17(14)27/h1-2,5-6,11-13,22,27H,3-4,7-10H2,(H,23,28). The number of carbonyl (C=O) groups is 1. The maximum atomic E-state index is 11.6. The minimum absolute atomic E-state index is 0.162. The number of hydrogen-bond donors (Lipinski definition) is 3. The van der Waals surface area contributed by atoms with Gasteiger partial charge in [0.25, 0.3) is 0 Å². The van der Waals surface area contributed by atoms with E-state index in [0.717, 1.165) is 38.0 Å². The first-order chi connectivity index (χ1) is 13.6. The molecule has 1 aliphatic carbocycles. The van der Waals surface area contributed by atoms with Crippen molar-refractivity contribution in [2.45, 2.75) is 25.7 Å². The Morgan fingerprint density at radius 2 is 2.04 bits per heavy atom. The normalized spacial score (nSPS) is 13.6. The zero-order valence-electron chi connectivity index (χ0n) is 15.6. The van der Waals surface area contributed by atoms with Gasteiger partial charge >= 0.3 is 0 Å². The molecule has 1 saturated carbocycles. The number of carbonyl (C=O) groups excluding carboxylic acids is 1. The summed E-state index contributed by atoms with van der Waals surface area (Å²) in [5, 5.41) is 20.8. The van der Waals surface area contributed by atoms with Gasteiger partial charge in [-0.2, -0.15) is 9.61 Å². The monoisotopic (exact) mass is 375 g/mol. The number of phenols is 1. The SMILES string of the molecule is [B]c1cnn2c(NCCCCNC(=O)C3CC3)cc(-c3ccccc3O)nc12. The van der Waals surface area contributed by atoms with E-state index >= 15 is 0 Å². The zero-order valence-corrected chi connectivity index (χ0v) is 15.6. The molecule has 2 heterocycles. The summed E-state index contributed by atoms with van der Waals surface area (Å²) >= 11 is 0. The summed E-state index contributed by atoms with van der Waals surface area (Å²) in [7, 11) is 6.01. The number of rotatable bonds is 8. The van der Waals surface area contributed by atoms with Crippen LogP contribution in [0.4, 0.5) is 5.82 Å². The van der Waals surface area contributed by atoms with Crippen molar-refractivity contribution in [1.29, 1.82) is 0 Å². The van der Waals surface area contributed by atoms with Crippen LogP contribution >= 0.6 is 0 Å². The van der Waals surface area contributed by atoms with Crippen LogP contribution < -0.4 is 16.1 Å². The van der Waals surface area contributed by atoms with E-state index in [-0.39, 0.29) is 17.6 Å². The molecule has 0 saturated heterocycles. The molecule has 7 nitrogen and oxygen atoms in total. The molecule has 0 aliphatic heterocycles. The van der Waals surface area contributed by atoms with Crippen molar-refractivity contribution in [3.8, 4) is 17.0 Å². The minimum atomic E-state index is 0.162. The Morgan fingerprint density at radius 3 is 2.82 bits per heavy atom. The van der Waals surface area contributed by atoms with E-state index in [4.69, 9.17) is 7.85 Å². The molecule has 142 valence electrons. The van der Waals surface area contributed by atoms with E-state index in [0.29, 0.717) is 28.9 Å². The Labute approximate surface area is 164 Å². The van der Waals surface area contributed by atoms with Gasteiger partial charge in [0.1, 0.15) is 19.4 Å². The first-order valence-corrected chi connectivity index (χ1v) is 9.57. The summed E-state index contributed by atoms with van der Waals surface area (Å²) in [6.45, 7) is 1.42. The van der Waals surface area contributed by atoms with Crippen LogP contribution in [-0.2, 0) is 4.79 Å². The molecule has 0 unspecified atom stereocenters. The van der Waals surface area contributed by atoms with Crippen molar-refractivity contribution in [2.24, 2.45) is 5.92 Å². The number of amides is 1. The second kappa shape index (κ2) is 7.92. The lowest BCUT2D eigenvalue weighted by molar-refractivity contribution is -0.122. The molecule has 3 aromatic rings. The molecule has 28 heavy (non-hydrogen) atoms. The Kier molecular flexibility index (Phi) is 5.19. The van der Waals surface area contributed by atoms with Crippen LogP contribution in [0.5, 0.6) is 5.75 Å². The number of aromatic nitrogens is 3. The molecular formula is C20H22BN5O2. The number of aromatic hydroxyl groups is 1. The maximum Gasteiger partial charge on any atom is 0.223 e. The van der Waals surface area contributed by atoms with Gasteiger partial charge in [-0.05, 0) is 43.3 Å². The molecule has 0 atom stereocenters. The number of unbranched alkanes of at least 4 members (excludes halogenated alkanes) is 1. The van der Waals surface area contributed by atoms with Crippen molar-refractivity contribution < 1.29 is 9.90 Å². The summed E-state index contributed by atoms with van der Waals surface area (Å²) in [5.74, 6) is 1.35. The summed E-state index contributed by atoms with van der Waals surface area (Å²) in [6.07, 6.45) is 5.41. The fourth-order valence-electron chi connectivity index (χ4n) is 3.10. The van der Waals surface area contributed by atoms with Gasteiger partial charge < -0.3 is 15.7 Å². The summed E-state index contributed by atoms with van der Waals surface area (Å²) in [4.78, 5) is 16.2. The molecule has 4 rings (SSSR count). The topological polar surface area (TPSA) is 91.5 Å². The number of nitrogens with zero attached hydrogens (tertiary/aromatic N) is 3. The number of nitrogens with one attached hydrogen (secondary N) is 2. The number of benzene rings is 1. The number of anilines is 1. The number of hydrogen-bond acceptors (Lipinski definition) is 5. The zero-order chi connectivity index (χ0) is 19.5. The van der Waals surface area contributed by atoms with E-state index in [1.165, 1.54) is 0 Å². The quantitative estimate of drug-likeness (QED) is 0.411. The fraction of sp³-hybridized carbons (Fsp3) is 0.350. The van der Waals surface area contributed by atoms with E-state index in [1.54, 1.807) is 22.8 Å². The third-order valence-corrected chi connectivity index (χ3v) is 4.84. The summed E-state index contributed by atoms with van der Waals surface area (Å²) in [6, 6.07) is 8.91. The van der Waals surface area contributed by atoms with Crippen molar-refractivity contribution in [2.75, 3.05) is 18.4 Å². The molecule has 2 radical (unpaired) electrons. The highest BCUT2D eigenvalue weighted by Crippen LogP contribution is 2.29. The lowest BCUT2D eigenvalue weighted by Crippen LogP contribution is -2.26. The molecule has 0 bridgehead atoms. The van der Waals surface area contributed by atoms with Crippen molar-refractivity contribution in [3.63, 3.8) is 0 Å². The Bertz CT molecular complexity index is 999. The van der Waals surface area contributed by atoms with Gasteiger partial charge in [-0.1, -0.05) is 12.1 Å². The highest BCUT2D eigenvalue weighted by Gasteiger charge is 2.28. The van der Waals surface area contributed by atoms with Crippen molar-refractivity contribution in [1.82, 2.24) is 19.9 Å². The second-order valence-corrected chi connectivity index (χ2v) is 7.08. The van der Waals surface area contributed by atoms with E-state index < -0.39 is 0 Å². The highest BCUT2D eigenvalue weighted by atomic mass is 16.3. The number of phenolic OH excluding ortho intramolecular Hbond substituents is 1. The average molecular weight is 375 g/mol. The third kappa shape index (κ3) is 3.95. The van der Waals surface area contributed by atoms with Gasteiger partial charge in [-0.15, -0.1) is 0 Å². The molecule has 3 N–H and O–H groups in total. The lowest BCUT2D eigenvalue weighted by atomic mass is 10.0. The van der Waals surface area contributed by atoms with Crippen LogP contribution in [-0.4, -0.2) is 46.5 Å². The first-order valence-electron chi connectivity index (χ1n) is 9.57. The third-order valence-electron chi connectivity index (χ3n) is 4.84. The van der Waals surface area contributed by atoms with Crippen LogP contribution in [0.15, 0.2) is 36.5 Å². The molecule has 1 aromatic carbocycles. The Balaban J connectivity index is 1.44. The number of fused-ring (bicyclic) bond motifs is 1. The van der Waals surface area contributed by atoms with Gasteiger partial charge in [0.05, 0.1) is 5.69 Å². The van der Waals surface area contributed by atoms with Gasteiger partial charge in [0.2, 0.25) is 5.91 Å². The molecule has 8 heteroatoms. The van der Waals surface area contributed by atoms with E-state index in [1.807, 2.05) is 18.2 Å².